The van der Waals surface area contributed by atoms with Crippen molar-refractivity contribution in [2.24, 2.45) is 0 Å². The van der Waals surface area contributed by atoms with Crippen molar-refractivity contribution < 1.29 is 9.59 Å². The van der Waals surface area contributed by atoms with Crippen LogP contribution in [0.3, 0.4) is 0 Å². The van der Waals surface area contributed by atoms with Crippen molar-refractivity contribution in [3.63, 3.8) is 0 Å². The lowest BCUT2D eigenvalue weighted by molar-refractivity contribution is -0.125. The van der Waals surface area contributed by atoms with Crippen LogP contribution in [0.15, 0.2) is 70.5 Å². The van der Waals surface area contributed by atoms with Gasteiger partial charge in [0.05, 0.1) is 9.49 Å². The molecule has 0 spiro atoms. The first kappa shape index (κ1) is 20.8. The van der Waals surface area contributed by atoms with Gasteiger partial charge >= 0.3 is 0 Å². The summed E-state index contributed by atoms with van der Waals surface area (Å²) in [6.45, 7) is 7.73. The van der Waals surface area contributed by atoms with Gasteiger partial charge < -0.3 is 0 Å². The fourth-order valence-electron chi connectivity index (χ4n) is 2.51. The molecule has 26 heavy (non-hydrogen) atoms. The highest BCUT2D eigenvalue weighted by Gasteiger charge is 2.32. The quantitative estimate of drug-likeness (QED) is 0.492. The number of Topliss-reactive ketones (excluding diaryl/α,β-unsaturated/α-hetero) is 2. The van der Waals surface area contributed by atoms with Gasteiger partial charge in [-0.2, -0.15) is 0 Å². The Hall–Kier alpha value is -1.52. The zero-order valence-electron chi connectivity index (χ0n) is 15.8. The Bertz CT molecular complexity index is 672. The Kier molecular flexibility index (Phi) is 7.13. The molecule has 2 rings (SSSR count). The van der Waals surface area contributed by atoms with Crippen molar-refractivity contribution in [3.05, 3.63) is 60.7 Å². The molecule has 0 amide bonds. The third kappa shape index (κ3) is 6.03. The van der Waals surface area contributed by atoms with Gasteiger partial charge in [-0.15, -0.1) is 23.5 Å². The van der Waals surface area contributed by atoms with Crippen molar-refractivity contribution in [2.45, 2.75) is 59.8 Å². The zero-order valence-corrected chi connectivity index (χ0v) is 17.5. The van der Waals surface area contributed by atoms with Crippen molar-refractivity contribution in [2.75, 3.05) is 0 Å². The molecule has 4 heteroatoms. The summed E-state index contributed by atoms with van der Waals surface area (Å²) < 4.78 is -1.09. The lowest BCUT2D eigenvalue weighted by Gasteiger charge is -2.25. The normalized spacial score (nSPS) is 12.0. The van der Waals surface area contributed by atoms with Gasteiger partial charge in [0.2, 0.25) is 0 Å². The van der Waals surface area contributed by atoms with E-state index in [0.717, 1.165) is 9.79 Å². The monoisotopic (exact) mass is 386 g/mol. The molecule has 0 fully saturated rings. The van der Waals surface area contributed by atoms with E-state index in [1.54, 1.807) is 23.5 Å². The third-order valence-electron chi connectivity index (χ3n) is 4.15. The van der Waals surface area contributed by atoms with Crippen molar-refractivity contribution in [1.82, 2.24) is 0 Å². The molecule has 0 saturated carbocycles. The number of hydrogen-bond acceptors (Lipinski definition) is 4. The summed E-state index contributed by atoms with van der Waals surface area (Å²) in [6.07, 6.45) is 0.564. The summed E-state index contributed by atoms with van der Waals surface area (Å²) in [6, 6.07) is 19.8. The highest BCUT2D eigenvalue weighted by atomic mass is 32.2. The molecule has 0 aromatic heterocycles. The van der Waals surface area contributed by atoms with Gasteiger partial charge in [-0.25, -0.2) is 0 Å². The maximum atomic E-state index is 12.7. The second kappa shape index (κ2) is 8.92. The van der Waals surface area contributed by atoms with Crippen molar-refractivity contribution >= 4 is 35.1 Å². The van der Waals surface area contributed by atoms with Crippen LogP contribution in [-0.4, -0.2) is 21.1 Å². The molecular formula is C22H26O2S2. The summed E-state index contributed by atoms with van der Waals surface area (Å²) in [5, 5.41) is 0. The minimum absolute atomic E-state index is 0.111. The van der Waals surface area contributed by atoms with Crippen molar-refractivity contribution in [1.29, 1.82) is 0 Å². The fourth-order valence-corrected chi connectivity index (χ4v) is 4.71. The van der Waals surface area contributed by atoms with E-state index in [9.17, 15) is 9.59 Å². The molecule has 0 aliphatic carbocycles. The van der Waals surface area contributed by atoms with Crippen LogP contribution in [0, 0.1) is 0 Å². The molecule has 0 heterocycles. The molecule has 0 saturated heterocycles. The second-order valence-corrected chi connectivity index (χ2v) is 10.6. The number of hydrogen-bond donors (Lipinski definition) is 0. The van der Waals surface area contributed by atoms with Crippen LogP contribution in [0.4, 0.5) is 0 Å². The number of carbonyl (C=O) groups is 2. The predicted molar refractivity (Wildman–Crippen MR) is 112 cm³/mol. The summed E-state index contributed by atoms with van der Waals surface area (Å²) in [5.74, 6) is 0.223. The summed E-state index contributed by atoms with van der Waals surface area (Å²) in [4.78, 5) is 27.5. The summed E-state index contributed by atoms with van der Waals surface area (Å²) in [5.41, 5.74) is 0. The van der Waals surface area contributed by atoms with E-state index in [1.807, 2.05) is 88.4 Å². The number of thioether (sulfide) groups is 2. The van der Waals surface area contributed by atoms with Crippen molar-refractivity contribution in [3.8, 4) is 0 Å². The average Bonchev–Trinajstić information content (AvgIpc) is 2.60. The van der Waals surface area contributed by atoms with Gasteiger partial charge in [-0.05, 0) is 52.0 Å². The maximum Gasteiger partial charge on any atom is 0.149 e. The Morgan fingerprint density at radius 3 is 1.27 bits per heavy atom. The Morgan fingerprint density at radius 2 is 0.962 bits per heavy atom. The Morgan fingerprint density at radius 1 is 0.654 bits per heavy atom. The van der Waals surface area contributed by atoms with Crippen LogP contribution < -0.4 is 0 Å². The van der Waals surface area contributed by atoms with Gasteiger partial charge in [0.15, 0.2) is 0 Å². The van der Waals surface area contributed by atoms with E-state index < -0.39 is 9.49 Å². The van der Waals surface area contributed by atoms with Crippen LogP contribution in [-0.2, 0) is 9.59 Å². The van der Waals surface area contributed by atoms with Gasteiger partial charge in [0.25, 0.3) is 0 Å². The molecule has 0 radical (unpaired) electrons. The van der Waals surface area contributed by atoms with E-state index in [0.29, 0.717) is 0 Å². The molecule has 138 valence electrons. The third-order valence-corrected chi connectivity index (χ3v) is 6.65. The maximum absolute atomic E-state index is 12.7. The molecule has 0 aliphatic heterocycles. The molecule has 0 N–H and O–H groups in total. The standard InChI is InChI=1S/C22H26O2S2/c1-21(2,25-17-11-7-5-8-12-17)19(23)15-16-20(24)22(3,4)26-18-13-9-6-10-14-18/h5-14H,15-16H2,1-4H3. The Labute approximate surface area is 165 Å². The highest BCUT2D eigenvalue weighted by Crippen LogP contribution is 2.36. The van der Waals surface area contributed by atoms with Crippen LogP contribution in [0.25, 0.3) is 0 Å². The van der Waals surface area contributed by atoms with Gasteiger partial charge in [-0.1, -0.05) is 36.4 Å². The molecular weight excluding hydrogens is 360 g/mol. The highest BCUT2D eigenvalue weighted by molar-refractivity contribution is 8.01. The molecule has 2 aromatic carbocycles. The number of rotatable bonds is 9. The van der Waals surface area contributed by atoms with Crippen LogP contribution in [0.2, 0.25) is 0 Å². The summed E-state index contributed by atoms with van der Waals surface area (Å²) >= 11 is 3.10. The first-order valence-corrected chi connectivity index (χ1v) is 10.4. The largest absolute Gasteiger partial charge is 0.298 e. The van der Waals surface area contributed by atoms with E-state index in [1.165, 1.54) is 0 Å². The van der Waals surface area contributed by atoms with Crippen LogP contribution in [0.5, 0.6) is 0 Å². The topological polar surface area (TPSA) is 34.1 Å². The minimum Gasteiger partial charge on any atom is -0.298 e. The molecule has 0 bridgehead atoms. The molecule has 0 aliphatic rings. The first-order chi connectivity index (χ1) is 12.2. The lowest BCUT2D eigenvalue weighted by Crippen LogP contribution is -2.32. The van der Waals surface area contributed by atoms with E-state index >= 15 is 0 Å². The predicted octanol–water partition coefficient (Wildman–Crippen LogP) is 6.05. The second-order valence-electron chi connectivity index (χ2n) is 7.20. The van der Waals surface area contributed by atoms with Gasteiger partial charge in [0.1, 0.15) is 11.6 Å². The van der Waals surface area contributed by atoms with Gasteiger partial charge in [-0.3, -0.25) is 9.59 Å². The number of carbonyl (C=O) groups excluding carboxylic acids is 2. The molecule has 0 atom stereocenters. The SMILES string of the molecule is CC(C)(Sc1ccccc1)C(=O)CCC(=O)C(C)(C)Sc1ccccc1. The summed E-state index contributed by atoms with van der Waals surface area (Å²) in [7, 11) is 0. The van der Waals surface area contributed by atoms with E-state index in [2.05, 4.69) is 0 Å². The first-order valence-electron chi connectivity index (χ1n) is 8.75. The van der Waals surface area contributed by atoms with Crippen LogP contribution in [0.1, 0.15) is 40.5 Å². The number of ketones is 2. The van der Waals surface area contributed by atoms with Gasteiger partial charge in [0, 0.05) is 22.6 Å². The van der Waals surface area contributed by atoms with E-state index in [-0.39, 0.29) is 24.4 Å². The molecule has 0 unspecified atom stereocenters. The molecule has 2 aromatic rings. The number of benzene rings is 2. The smallest absolute Gasteiger partial charge is 0.149 e. The van der Waals surface area contributed by atoms with Crippen LogP contribution >= 0.6 is 23.5 Å². The zero-order chi connectivity index (χ0) is 19.2. The lowest BCUT2D eigenvalue weighted by atomic mass is 9.97. The minimum atomic E-state index is -0.543. The average molecular weight is 387 g/mol. The molecule has 2 nitrogen and oxygen atoms in total. The van der Waals surface area contributed by atoms with E-state index in [4.69, 9.17) is 0 Å². The fraction of sp³-hybridized carbons (Fsp3) is 0.364. The Balaban J connectivity index is 1.91.